The summed E-state index contributed by atoms with van der Waals surface area (Å²) < 4.78 is 0. The number of phenolic OH excluding ortho intramolecular Hbond substituents is 1. The van der Waals surface area contributed by atoms with E-state index in [2.05, 4.69) is 0 Å². The van der Waals surface area contributed by atoms with Gasteiger partial charge in [-0.25, -0.2) is 0 Å². The molecule has 0 spiro atoms. The van der Waals surface area contributed by atoms with Crippen LogP contribution in [0.2, 0.25) is 5.02 Å². The largest absolute Gasteiger partial charge is 0.506 e. The van der Waals surface area contributed by atoms with Crippen molar-refractivity contribution in [2.45, 2.75) is 31.7 Å². The minimum atomic E-state index is -0.311. The molecule has 5 heteroatoms. The number of amides is 2. The molecule has 1 aromatic rings. The second-order valence-corrected chi connectivity index (χ2v) is 5.17. The molecular weight excluding hydrogens is 254 g/mol. The number of halogens is 1. The van der Waals surface area contributed by atoms with E-state index in [4.69, 9.17) is 11.6 Å². The summed E-state index contributed by atoms with van der Waals surface area (Å²) in [5.41, 5.74) is 0.559. The van der Waals surface area contributed by atoms with Crippen LogP contribution >= 0.6 is 11.6 Å². The fourth-order valence-electron chi connectivity index (χ4n) is 2.76. The molecule has 1 aliphatic heterocycles. The van der Waals surface area contributed by atoms with Crippen molar-refractivity contribution in [3.05, 3.63) is 28.3 Å². The van der Waals surface area contributed by atoms with Crippen molar-refractivity contribution in [2.75, 3.05) is 0 Å². The molecule has 94 valence electrons. The summed E-state index contributed by atoms with van der Waals surface area (Å²) in [4.78, 5) is 25.8. The van der Waals surface area contributed by atoms with E-state index >= 15 is 0 Å². The van der Waals surface area contributed by atoms with Gasteiger partial charge in [0.2, 0.25) is 0 Å². The fourth-order valence-corrected chi connectivity index (χ4v) is 2.93. The molecule has 4 nitrogen and oxygen atoms in total. The molecule has 0 atom stereocenters. The average molecular weight is 266 g/mol. The zero-order valence-corrected chi connectivity index (χ0v) is 10.4. The van der Waals surface area contributed by atoms with Crippen LogP contribution < -0.4 is 0 Å². The first-order valence-corrected chi connectivity index (χ1v) is 6.38. The van der Waals surface area contributed by atoms with Crippen molar-refractivity contribution in [3.63, 3.8) is 0 Å². The van der Waals surface area contributed by atoms with Crippen LogP contribution in [-0.4, -0.2) is 27.9 Å². The zero-order valence-electron chi connectivity index (χ0n) is 9.65. The predicted molar refractivity (Wildman–Crippen MR) is 65.9 cm³/mol. The first-order chi connectivity index (χ1) is 8.59. The quantitative estimate of drug-likeness (QED) is 0.794. The maximum atomic E-state index is 12.2. The van der Waals surface area contributed by atoms with E-state index in [0.717, 1.165) is 25.7 Å². The monoisotopic (exact) mass is 265 g/mol. The molecule has 1 N–H and O–H groups in total. The number of imide groups is 1. The van der Waals surface area contributed by atoms with E-state index in [0.29, 0.717) is 5.56 Å². The van der Waals surface area contributed by atoms with Gasteiger partial charge in [0.1, 0.15) is 5.75 Å². The highest BCUT2D eigenvalue weighted by molar-refractivity contribution is 6.33. The molecule has 0 radical (unpaired) electrons. The molecule has 1 aromatic carbocycles. The zero-order chi connectivity index (χ0) is 12.9. The topological polar surface area (TPSA) is 57.6 Å². The number of nitrogens with zero attached hydrogens (tertiary/aromatic N) is 1. The van der Waals surface area contributed by atoms with Crippen LogP contribution in [0.15, 0.2) is 12.1 Å². The summed E-state index contributed by atoms with van der Waals surface area (Å²) in [6.45, 7) is 0. The van der Waals surface area contributed by atoms with Crippen LogP contribution in [0.4, 0.5) is 0 Å². The van der Waals surface area contributed by atoms with Gasteiger partial charge in [-0.2, -0.15) is 0 Å². The van der Waals surface area contributed by atoms with Crippen LogP contribution in [0, 0.1) is 0 Å². The van der Waals surface area contributed by atoms with Gasteiger partial charge in [0, 0.05) is 6.04 Å². The molecule has 0 aromatic heterocycles. The molecule has 1 saturated carbocycles. The Morgan fingerprint density at radius 2 is 1.67 bits per heavy atom. The molecule has 1 aliphatic carbocycles. The van der Waals surface area contributed by atoms with Crippen LogP contribution in [0.1, 0.15) is 46.4 Å². The van der Waals surface area contributed by atoms with Crippen LogP contribution in [0.5, 0.6) is 5.75 Å². The van der Waals surface area contributed by atoms with Gasteiger partial charge < -0.3 is 5.11 Å². The molecule has 1 fully saturated rings. The molecule has 2 amide bonds. The van der Waals surface area contributed by atoms with Crippen molar-refractivity contribution in [1.82, 2.24) is 4.90 Å². The highest BCUT2D eigenvalue weighted by Crippen LogP contribution is 2.35. The van der Waals surface area contributed by atoms with Crippen molar-refractivity contribution in [3.8, 4) is 5.75 Å². The summed E-state index contributed by atoms with van der Waals surface area (Å²) in [7, 11) is 0. The summed E-state index contributed by atoms with van der Waals surface area (Å²) in [5, 5.41) is 9.63. The lowest BCUT2D eigenvalue weighted by Crippen LogP contribution is -2.38. The number of phenols is 1. The highest BCUT2D eigenvalue weighted by atomic mass is 35.5. The van der Waals surface area contributed by atoms with Crippen LogP contribution in [-0.2, 0) is 0 Å². The molecule has 0 bridgehead atoms. The van der Waals surface area contributed by atoms with Gasteiger partial charge in [-0.1, -0.05) is 24.4 Å². The second-order valence-electron chi connectivity index (χ2n) is 4.77. The van der Waals surface area contributed by atoms with Gasteiger partial charge in [0.25, 0.3) is 11.8 Å². The molecule has 18 heavy (non-hydrogen) atoms. The third-order valence-electron chi connectivity index (χ3n) is 3.68. The van der Waals surface area contributed by atoms with Gasteiger partial charge in [0.15, 0.2) is 0 Å². The van der Waals surface area contributed by atoms with E-state index in [1.807, 2.05) is 0 Å². The third-order valence-corrected chi connectivity index (χ3v) is 3.98. The summed E-state index contributed by atoms with van der Waals surface area (Å²) >= 11 is 5.78. The number of benzene rings is 1. The minimum Gasteiger partial charge on any atom is -0.506 e. The number of hydrogen-bond acceptors (Lipinski definition) is 3. The summed E-state index contributed by atoms with van der Waals surface area (Å²) in [6, 6.07) is 2.66. The molecule has 0 saturated heterocycles. The number of hydrogen-bond donors (Lipinski definition) is 1. The number of rotatable bonds is 1. The van der Waals surface area contributed by atoms with Gasteiger partial charge in [-0.05, 0) is 25.0 Å². The molecule has 3 rings (SSSR count). The lowest BCUT2D eigenvalue weighted by atomic mass is 10.1. The maximum Gasteiger partial charge on any atom is 0.261 e. The Labute approximate surface area is 109 Å². The molecule has 0 unspecified atom stereocenters. The normalized spacial score (nSPS) is 19.7. The fraction of sp³-hybridized carbons (Fsp3) is 0.385. The van der Waals surface area contributed by atoms with Gasteiger partial charge in [0.05, 0.1) is 16.1 Å². The Bertz CT molecular complexity index is 508. The molecule has 2 aliphatic rings. The van der Waals surface area contributed by atoms with Crippen molar-refractivity contribution < 1.29 is 14.7 Å². The van der Waals surface area contributed by atoms with Crippen molar-refractivity contribution in [2.24, 2.45) is 0 Å². The van der Waals surface area contributed by atoms with E-state index in [-0.39, 0.29) is 34.2 Å². The van der Waals surface area contributed by atoms with E-state index in [9.17, 15) is 14.7 Å². The molecule has 1 heterocycles. The van der Waals surface area contributed by atoms with E-state index in [1.54, 1.807) is 0 Å². The van der Waals surface area contributed by atoms with E-state index in [1.165, 1.54) is 17.0 Å². The van der Waals surface area contributed by atoms with Crippen LogP contribution in [0.3, 0.4) is 0 Å². The summed E-state index contributed by atoms with van der Waals surface area (Å²) in [6.07, 6.45) is 3.82. The Hall–Kier alpha value is -1.55. The number of carbonyl (C=O) groups excluding carboxylic acids is 2. The third kappa shape index (κ3) is 1.52. The first kappa shape index (κ1) is 11.5. The molecular formula is C13H12ClNO3. The van der Waals surface area contributed by atoms with E-state index < -0.39 is 0 Å². The maximum absolute atomic E-state index is 12.2. The Kier molecular flexibility index (Phi) is 2.55. The number of fused-ring (bicyclic) bond motifs is 1. The SMILES string of the molecule is O=C1c2cc(O)c(Cl)cc2C(=O)N1C1CCCC1. The van der Waals surface area contributed by atoms with Gasteiger partial charge in [-0.3, -0.25) is 14.5 Å². The first-order valence-electron chi connectivity index (χ1n) is 6.00. The number of carbonyl (C=O) groups is 2. The summed E-state index contributed by atoms with van der Waals surface area (Å²) in [5.74, 6) is -0.762. The Morgan fingerprint density at radius 1 is 1.11 bits per heavy atom. The lowest BCUT2D eigenvalue weighted by Gasteiger charge is -2.21. The predicted octanol–water partition coefficient (Wildman–Crippen LogP) is 2.58. The average Bonchev–Trinajstić information content (AvgIpc) is 2.91. The Balaban J connectivity index is 2.05. The second kappa shape index (κ2) is 3.99. The van der Waals surface area contributed by atoms with Crippen molar-refractivity contribution >= 4 is 23.4 Å². The highest BCUT2D eigenvalue weighted by Gasteiger charge is 2.41. The van der Waals surface area contributed by atoms with Crippen LogP contribution in [0.25, 0.3) is 0 Å². The standard InChI is InChI=1S/C13H12ClNO3/c14-10-5-8-9(6-11(10)16)13(18)15(12(8)17)7-3-1-2-4-7/h5-7,16H,1-4H2. The smallest absolute Gasteiger partial charge is 0.261 e. The van der Waals surface area contributed by atoms with Gasteiger partial charge >= 0.3 is 0 Å². The number of aromatic hydroxyl groups is 1. The van der Waals surface area contributed by atoms with Crippen molar-refractivity contribution in [1.29, 1.82) is 0 Å². The minimum absolute atomic E-state index is 0.00156. The van der Waals surface area contributed by atoms with Gasteiger partial charge in [-0.15, -0.1) is 0 Å². The Morgan fingerprint density at radius 3 is 2.28 bits per heavy atom. The lowest BCUT2D eigenvalue weighted by molar-refractivity contribution is 0.0587.